The highest BCUT2D eigenvalue weighted by atomic mass is 31.3. The van der Waals surface area contributed by atoms with E-state index in [1.807, 2.05) is 4.98 Å². The molecule has 0 aliphatic carbocycles. The van der Waals surface area contributed by atoms with Crippen LogP contribution in [-0.4, -0.2) is 53.0 Å². The number of aromatic amines is 1. The first-order chi connectivity index (χ1) is 12.2. The summed E-state index contributed by atoms with van der Waals surface area (Å²) in [5.74, 6) is 0. The molecule has 0 amide bonds. The number of aliphatic hydroxyl groups is 1. The predicted molar refractivity (Wildman–Crippen MR) is 81.1 cm³/mol. The number of nitrogens with one attached hydrogen (secondary N) is 1. The number of phosphoric acid groups is 3. The summed E-state index contributed by atoms with van der Waals surface area (Å²) in [6.45, 7) is -0.597. The third-order valence-electron chi connectivity index (χ3n) is 2.91. The van der Waals surface area contributed by atoms with Gasteiger partial charge in [-0.2, -0.15) is 8.62 Å². The Morgan fingerprint density at radius 1 is 1.11 bits per heavy atom. The number of hydrogen-bond acceptors (Lipinski definition) is 10. The Labute approximate surface area is 148 Å². The van der Waals surface area contributed by atoms with E-state index in [1.165, 1.54) is 0 Å². The van der Waals surface area contributed by atoms with Crippen LogP contribution in [0.3, 0.4) is 0 Å². The van der Waals surface area contributed by atoms with Crippen LogP contribution >= 0.6 is 23.5 Å². The Morgan fingerprint density at radius 2 is 1.74 bits per heavy atom. The molecule has 1 aliphatic heterocycles. The van der Waals surface area contributed by atoms with Crippen LogP contribution in [0.1, 0.15) is 6.23 Å². The fourth-order valence-electron chi connectivity index (χ4n) is 2.01. The average Bonchev–Trinajstić information content (AvgIpc) is 2.75. The van der Waals surface area contributed by atoms with E-state index in [2.05, 4.69) is 13.1 Å². The molecule has 19 heteroatoms. The number of H-pyrrole nitrogens is 1. The van der Waals surface area contributed by atoms with Crippen LogP contribution in [0.15, 0.2) is 21.9 Å². The zero-order valence-electron chi connectivity index (χ0n) is 12.8. The Kier molecular flexibility index (Phi) is 6.44. The van der Waals surface area contributed by atoms with Crippen molar-refractivity contribution in [1.29, 1.82) is 0 Å². The number of phosphoric ester groups is 1. The van der Waals surface area contributed by atoms with Crippen LogP contribution in [0.4, 0.5) is 0 Å². The normalized spacial score (nSPS) is 27.8. The largest absolute Gasteiger partial charge is 0.490 e. The molecule has 1 fully saturated rings. The van der Waals surface area contributed by atoms with Crippen molar-refractivity contribution < 1.29 is 56.3 Å². The number of ether oxygens (including phenoxy) is 1. The Morgan fingerprint density at radius 3 is 2.30 bits per heavy atom. The van der Waals surface area contributed by atoms with Crippen molar-refractivity contribution in [2.45, 2.75) is 18.4 Å². The van der Waals surface area contributed by atoms with Crippen molar-refractivity contribution in [3.63, 3.8) is 0 Å². The van der Waals surface area contributed by atoms with Gasteiger partial charge >= 0.3 is 29.2 Å². The van der Waals surface area contributed by atoms with E-state index >= 15 is 0 Å². The van der Waals surface area contributed by atoms with Crippen molar-refractivity contribution >= 4 is 23.5 Å². The molecule has 6 N–H and O–H groups in total. The van der Waals surface area contributed by atoms with Crippen LogP contribution in [-0.2, 0) is 31.6 Å². The van der Waals surface area contributed by atoms with E-state index in [4.69, 9.17) is 19.4 Å². The zero-order valence-corrected chi connectivity index (χ0v) is 15.5. The monoisotopic (exact) mass is 454 g/mol. The molecule has 0 radical (unpaired) electrons. The summed E-state index contributed by atoms with van der Waals surface area (Å²) in [4.78, 5) is 59.9. The molecule has 5 atom stereocenters. The van der Waals surface area contributed by atoms with Gasteiger partial charge in [0.15, 0.2) is 6.23 Å². The van der Waals surface area contributed by atoms with Crippen LogP contribution in [0, 0.1) is 0 Å². The van der Waals surface area contributed by atoms with Gasteiger partial charge in [-0.3, -0.25) is 18.9 Å². The second-order valence-electron chi connectivity index (χ2n) is 4.97. The minimum Gasteiger partial charge on any atom is -0.386 e. The first-order valence-corrected chi connectivity index (χ1v) is 11.1. The molecule has 1 aromatic heterocycles. The lowest BCUT2D eigenvalue weighted by Gasteiger charge is -2.21. The quantitative estimate of drug-likeness (QED) is 0.248. The minimum absolute atomic E-state index is 0.597. The second kappa shape index (κ2) is 7.79. The van der Waals surface area contributed by atoms with E-state index < -0.39 is 59.8 Å². The molecule has 154 valence electrons. The molecule has 16 nitrogen and oxygen atoms in total. The number of nitrogens with zero attached hydrogens (tertiary/aromatic N) is 1. The predicted octanol–water partition coefficient (Wildman–Crippen LogP) is -1.86. The first-order valence-electron chi connectivity index (χ1n) is 6.62. The first kappa shape index (κ1) is 22.3. The number of hydrogen-bond donors (Lipinski definition) is 6. The fraction of sp³-hybridized carbons (Fsp3) is 0.500. The zero-order chi connectivity index (χ0) is 20.6. The summed E-state index contributed by atoms with van der Waals surface area (Å²) in [7, 11) is -16.8. The second-order valence-corrected chi connectivity index (χ2v) is 9.34. The third-order valence-corrected chi connectivity index (χ3v) is 6.78. The van der Waals surface area contributed by atoms with E-state index in [0.29, 0.717) is 0 Å². The molecule has 0 spiro atoms. The minimum atomic E-state index is -5.72. The molecule has 0 bridgehead atoms. The number of aromatic nitrogens is 2. The van der Waals surface area contributed by atoms with Crippen molar-refractivity contribution in [2.24, 2.45) is 0 Å². The Hall–Kier alpha value is -0.990. The maximum Gasteiger partial charge on any atom is 0.490 e. The topological polar surface area (TPSA) is 244 Å². The van der Waals surface area contributed by atoms with Crippen molar-refractivity contribution in [1.82, 2.24) is 9.55 Å². The highest BCUT2D eigenvalue weighted by Crippen LogP contribution is 2.66. The van der Waals surface area contributed by atoms with Gasteiger partial charge in [0.1, 0.15) is 12.2 Å². The van der Waals surface area contributed by atoms with Gasteiger partial charge in [0, 0.05) is 12.3 Å². The fourth-order valence-corrected chi connectivity index (χ4v) is 5.20. The summed E-state index contributed by atoms with van der Waals surface area (Å²) in [6, 6.07) is 0.938. The van der Waals surface area contributed by atoms with Gasteiger partial charge in [0.25, 0.3) is 5.56 Å². The summed E-state index contributed by atoms with van der Waals surface area (Å²) in [6.07, 6.45) is -3.92. The molecule has 1 saturated heterocycles. The van der Waals surface area contributed by atoms with E-state index in [1.54, 1.807) is 0 Å². The Balaban J connectivity index is 2.10. The van der Waals surface area contributed by atoms with Gasteiger partial charge in [-0.15, -0.1) is 0 Å². The Bertz CT molecular complexity index is 948. The van der Waals surface area contributed by atoms with Crippen LogP contribution in [0.25, 0.3) is 0 Å². The SMILES string of the molecule is O=c1ccn([C@@H]2OC[C@H](OP(=O)(O)OP(=O)(O)OP(=O)(O)O)C2O)c(=O)[nH]1. The lowest BCUT2D eigenvalue weighted by Crippen LogP contribution is -2.37. The van der Waals surface area contributed by atoms with Gasteiger partial charge in [0.2, 0.25) is 0 Å². The molecule has 0 aromatic carbocycles. The number of rotatable bonds is 7. The van der Waals surface area contributed by atoms with E-state index in [0.717, 1.165) is 16.8 Å². The van der Waals surface area contributed by atoms with Crippen LogP contribution < -0.4 is 11.2 Å². The molecule has 27 heavy (non-hydrogen) atoms. The highest BCUT2D eigenvalue weighted by molar-refractivity contribution is 7.66. The smallest absolute Gasteiger partial charge is 0.386 e. The molecular weight excluding hydrogens is 441 g/mol. The lowest BCUT2D eigenvalue weighted by molar-refractivity contribution is -0.0210. The van der Waals surface area contributed by atoms with Gasteiger partial charge in [-0.1, -0.05) is 0 Å². The van der Waals surface area contributed by atoms with Gasteiger partial charge in [-0.25, -0.2) is 18.5 Å². The lowest BCUT2D eigenvalue weighted by atomic mass is 10.2. The molecule has 3 unspecified atom stereocenters. The van der Waals surface area contributed by atoms with Gasteiger partial charge in [0.05, 0.1) is 6.61 Å². The third kappa shape index (κ3) is 6.26. The summed E-state index contributed by atoms with van der Waals surface area (Å²) in [5.41, 5.74) is -1.70. The molecule has 2 rings (SSSR count). The van der Waals surface area contributed by atoms with Crippen molar-refractivity contribution in [3.8, 4) is 0 Å². The molecule has 1 aromatic rings. The number of aliphatic hydroxyl groups excluding tert-OH is 1. The summed E-state index contributed by atoms with van der Waals surface area (Å²) >= 11 is 0. The van der Waals surface area contributed by atoms with Crippen molar-refractivity contribution in [3.05, 3.63) is 33.1 Å². The molecule has 1 aliphatic rings. The van der Waals surface area contributed by atoms with Crippen molar-refractivity contribution in [2.75, 3.05) is 6.61 Å². The van der Waals surface area contributed by atoms with E-state index in [9.17, 15) is 33.3 Å². The van der Waals surface area contributed by atoms with Crippen LogP contribution in [0.5, 0.6) is 0 Å². The van der Waals surface area contributed by atoms with E-state index in [-0.39, 0.29) is 0 Å². The van der Waals surface area contributed by atoms with Gasteiger partial charge < -0.3 is 29.4 Å². The molecule has 0 saturated carbocycles. The maximum atomic E-state index is 11.7. The van der Waals surface area contributed by atoms with Crippen LogP contribution in [0.2, 0.25) is 0 Å². The standard InChI is InChI=1S/C8H13N2O14P3/c11-5-1-2-10(8(13)9-5)7-6(12)4(3-21-7)22-26(17,18)24-27(19,20)23-25(14,15)16/h1-2,4,6-7,12H,3H2,(H,17,18)(H,19,20)(H,9,11,13)(H2,14,15,16)/t4-,6?,7+/m0/s1. The molecule has 2 heterocycles. The summed E-state index contributed by atoms with van der Waals surface area (Å²) in [5, 5.41) is 10.1. The summed E-state index contributed by atoms with van der Waals surface area (Å²) < 4.78 is 50.8. The van der Waals surface area contributed by atoms with Gasteiger partial charge in [-0.05, 0) is 0 Å². The molecular formula is C8H13N2O14P3. The average molecular weight is 454 g/mol. The maximum absolute atomic E-state index is 11.7. The highest BCUT2D eigenvalue weighted by Gasteiger charge is 2.46.